The molecular formula is C13H7BrF3N3. The molecule has 20 heavy (non-hydrogen) atoms. The molecule has 0 aliphatic carbocycles. The molecule has 1 N–H and O–H groups in total. The lowest BCUT2D eigenvalue weighted by Crippen LogP contribution is -2.07. The number of hydrogen-bond donors (Lipinski definition) is 1. The van der Waals surface area contributed by atoms with Gasteiger partial charge in [-0.2, -0.15) is 18.4 Å². The second-order valence-electron chi connectivity index (χ2n) is 3.85. The van der Waals surface area contributed by atoms with E-state index in [4.69, 9.17) is 5.26 Å². The molecule has 2 aromatic rings. The lowest BCUT2D eigenvalue weighted by Gasteiger charge is -2.13. The number of benzene rings is 1. The van der Waals surface area contributed by atoms with Crippen LogP contribution in [-0.2, 0) is 6.18 Å². The monoisotopic (exact) mass is 341 g/mol. The third kappa shape index (κ3) is 3.08. The zero-order chi connectivity index (χ0) is 14.8. The van der Waals surface area contributed by atoms with Gasteiger partial charge < -0.3 is 5.32 Å². The van der Waals surface area contributed by atoms with Crippen LogP contribution in [0, 0.1) is 11.3 Å². The Morgan fingerprint density at radius 1 is 1.25 bits per heavy atom. The molecule has 0 atom stereocenters. The molecule has 7 heteroatoms. The average molecular weight is 342 g/mol. The van der Waals surface area contributed by atoms with Gasteiger partial charge in [0.1, 0.15) is 6.07 Å². The lowest BCUT2D eigenvalue weighted by molar-refractivity contribution is -0.138. The number of pyridine rings is 1. The van der Waals surface area contributed by atoms with E-state index in [1.54, 1.807) is 0 Å². The Balaban J connectivity index is 2.38. The van der Waals surface area contributed by atoms with Gasteiger partial charge in [-0.05, 0) is 24.3 Å². The minimum atomic E-state index is -4.45. The molecule has 102 valence electrons. The predicted molar refractivity (Wildman–Crippen MR) is 71.4 cm³/mol. The van der Waals surface area contributed by atoms with E-state index in [9.17, 15) is 13.2 Å². The fourth-order valence-electron chi connectivity index (χ4n) is 1.57. The quantitative estimate of drug-likeness (QED) is 0.876. The number of nitrogens with zero attached hydrogens (tertiary/aromatic N) is 2. The van der Waals surface area contributed by atoms with Gasteiger partial charge in [0.05, 0.1) is 23.0 Å². The maximum atomic E-state index is 12.8. The minimum Gasteiger partial charge on any atom is -0.353 e. The summed E-state index contributed by atoms with van der Waals surface area (Å²) in [4.78, 5) is 3.83. The van der Waals surface area contributed by atoms with Crippen molar-refractivity contribution >= 4 is 27.3 Å². The number of aromatic nitrogens is 1. The first-order valence-electron chi connectivity index (χ1n) is 5.39. The SMILES string of the molecule is N#Cc1ccncc1Nc1ccc(Br)c(C(F)(F)F)c1. The van der Waals surface area contributed by atoms with Gasteiger partial charge in [0, 0.05) is 16.4 Å². The highest BCUT2D eigenvalue weighted by Crippen LogP contribution is 2.37. The lowest BCUT2D eigenvalue weighted by atomic mass is 10.1. The van der Waals surface area contributed by atoms with Crippen molar-refractivity contribution in [3.05, 3.63) is 52.3 Å². The van der Waals surface area contributed by atoms with Crippen molar-refractivity contribution in [2.75, 3.05) is 5.32 Å². The number of halogens is 4. The highest BCUT2D eigenvalue weighted by molar-refractivity contribution is 9.10. The van der Waals surface area contributed by atoms with Crippen LogP contribution in [0.25, 0.3) is 0 Å². The summed E-state index contributed by atoms with van der Waals surface area (Å²) in [5.74, 6) is 0. The van der Waals surface area contributed by atoms with E-state index in [0.717, 1.165) is 6.07 Å². The van der Waals surface area contributed by atoms with Gasteiger partial charge in [0.2, 0.25) is 0 Å². The molecule has 0 fully saturated rings. The van der Waals surface area contributed by atoms with Crippen molar-refractivity contribution in [1.82, 2.24) is 4.98 Å². The molecule has 0 saturated carbocycles. The van der Waals surface area contributed by atoms with Crippen LogP contribution < -0.4 is 5.32 Å². The topological polar surface area (TPSA) is 48.7 Å². The standard InChI is InChI=1S/C13H7BrF3N3/c14-11-2-1-9(5-10(11)13(15,16)17)20-12-7-19-4-3-8(12)6-18/h1-5,7,20H. The largest absolute Gasteiger partial charge is 0.417 e. The van der Waals surface area contributed by atoms with Gasteiger partial charge >= 0.3 is 6.18 Å². The van der Waals surface area contributed by atoms with Crippen molar-refractivity contribution in [2.24, 2.45) is 0 Å². The first kappa shape index (κ1) is 14.3. The zero-order valence-corrected chi connectivity index (χ0v) is 11.5. The predicted octanol–water partition coefficient (Wildman–Crippen LogP) is 4.48. The van der Waals surface area contributed by atoms with E-state index in [1.165, 1.54) is 30.6 Å². The fraction of sp³-hybridized carbons (Fsp3) is 0.0769. The molecule has 0 aliphatic heterocycles. The second-order valence-corrected chi connectivity index (χ2v) is 4.70. The van der Waals surface area contributed by atoms with Crippen molar-refractivity contribution in [1.29, 1.82) is 5.26 Å². The highest BCUT2D eigenvalue weighted by atomic mass is 79.9. The van der Waals surface area contributed by atoms with Gasteiger partial charge in [-0.15, -0.1) is 0 Å². The van der Waals surface area contributed by atoms with Crippen LogP contribution >= 0.6 is 15.9 Å². The number of nitriles is 1. The number of anilines is 2. The Hall–Kier alpha value is -2.07. The van der Waals surface area contributed by atoms with Gasteiger partial charge in [-0.3, -0.25) is 4.98 Å². The summed E-state index contributed by atoms with van der Waals surface area (Å²) < 4.78 is 38.3. The summed E-state index contributed by atoms with van der Waals surface area (Å²) in [5.41, 5.74) is 0.0943. The summed E-state index contributed by atoms with van der Waals surface area (Å²) in [6.45, 7) is 0. The van der Waals surface area contributed by atoms with E-state index in [1.807, 2.05) is 6.07 Å². The molecule has 0 saturated heterocycles. The molecular weight excluding hydrogens is 335 g/mol. The van der Waals surface area contributed by atoms with Gasteiger partial charge in [0.25, 0.3) is 0 Å². The molecule has 1 aromatic heterocycles. The third-order valence-corrected chi connectivity index (χ3v) is 3.18. The number of nitrogens with one attached hydrogen (secondary N) is 1. The Morgan fingerprint density at radius 2 is 2.00 bits per heavy atom. The van der Waals surface area contributed by atoms with Crippen LogP contribution in [0.3, 0.4) is 0 Å². The Labute approximate surface area is 121 Å². The van der Waals surface area contributed by atoms with Crippen LogP contribution in [0.2, 0.25) is 0 Å². The van der Waals surface area contributed by atoms with E-state index < -0.39 is 11.7 Å². The van der Waals surface area contributed by atoms with Gasteiger partial charge in [-0.1, -0.05) is 15.9 Å². The first-order valence-corrected chi connectivity index (χ1v) is 6.19. The fourth-order valence-corrected chi connectivity index (χ4v) is 2.04. The highest BCUT2D eigenvalue weighted by Gasteiger charge is 2.33. The average Bonchev–Trinajstić information content (AvgIpc) is 2.40. The van der Waals surface area contributed by atoms with E-state index in [0.29, 0.717) is 11.3 Å². The van der Waals surface area contributed by atoms with E-state index >= 15 is 0 Å². The Kier molecular flexibility index (Phi) is 3.95. The van der Waals surface area contributed by atoms with Crippen LogP contribution in [0.15, 0.2) is 41.1 Å². The molecule has 0 bridgehead atoms. The second kappa shape index (κ2) is 5.51. The summed E-state index contributed by atoms with van der Waals surface area (Å²) in [6.07, 6.45) is -1.64. The normalized spacial score (nSPS) is 10.9. The first-order chi connectivity index (χ1) is 9.41. The van der Waals surface area contributed by atoms with Crippen LogP contribution in [0.4, 0.5) is 24.5 Å². The van der Waals surface area contributed by atoms with Crippen molar-refractivity contribution < 1.29 is 13.2 Å². The zero-order valence-electron chi connectivity index (χ0n) is 9.87. The van der Waals surface area contributed by atoms with Crippen LogP contribution in [-0.4, -0.2) is 4.98 Å². The number of alkyl halides is 3. The molecule has 0 aliphatic rings. The summed E-state index contributed by atoms with van der Waals surface area (Å²) in [6, 6.07) is 7.17. The van der Waals surface area contributed by atoms with Crippen LogP contribution in [0.5, 0.6) is 0 Å². The molecule has 0 radical (unpaired) electrons. The van der Waals surface area contributed by atoms with Crippen molar-refractivity contribution in [2.45, 2.75) is 6.18 Å². The molecule has 3 nitrogen and oxygen atoms in total. The smallest absolute Gasteiger partial charge is 0.353 e. The summed E-state index contributed by atoms with van der Waals surface area (Å²) in [5, 5.41) is 11.7. The molecule has 0 unspecified atom stereocenters. The molecule has 0 spiro atoms. The van der Waals surface area contributed by atoms with Crippen molar-refractivity contribution in [3.63, 3.8) is 0 Å². The maximum Gasteiger partial charge on any atom is 0.417 e. The summed E-state index contributed by atoms with van der Waals surface area (Å²) >= 11 is 2.87. The number of hydrogen-bond acceptors (Lipinski definition) is 3. The van der Waals surface area contributed by atoms with Crippen LogP contribution in [0.1, 0.15) is 11.1 Å². The summed E-state index contributed by atoms with van der Waals surface area (Å²) in [7, 11) is 0. The van der Waals surface area contributed by atoms with Crippen molar-refractivity contribution in [3.8, 4) is 6.07 Å². The minimum absolute atomic E-state index is 0.0396. The molecule has 2 rings (SSSR count). The molecule has 1 heterocycles. The Bertz CT molecular complexity index is 677. The molecule has 0 amide bonds. The number of rotatable bonds is 2. The molecule has 1 aromatic carbocycles. The Morgan fingerprint density at radius 3 is 2.65 bits per heavy atom. The van der Waals surface area contributed by atoms with E-state index in [2.05, 4.69) is 26.2 Å². The maximum absolute atomic E-state index is 12.8. The van der Waals surface area contributed by atoms with Gasteiger partial charge in [0.15, 0.2) is 0 Å². The van der Waals surface area contributed by atoms with Gasteiger partial charge in [-0.25, -0.2) is 0 Å². The van der Waals surface area contributed by atoms with E-state index in [-0.39, 0.29) is 10.2 Å². The third-order valence-electron chi connectivity index (χ3n) is 2.49.